The Balaban J connectivity index is 1.59. The molecule has 0 aromatic carbocycles. The summed E-state index contributed by atoms with van der Waals surface area (Å²) in [6.45, 7) is 1.61. The van der Waals surface area contributed by atoms with E-state index in [9.17, 15) is 9.59 Å². The number of aromatic carboxylic acids is 1. The van der Waals surface area contributed by atoms with E-state index in [4.69, 9.17) is 5.11 Å². The summed E-state index contributed by atoms with van der Waals surface area (Å²) in [6, 6.07) is 3.21. The van der Waals surface area contributed by atoms with Gasteiger partial charge in [-0.2, -0.15) is 0 Å². The lowest BCUT2D eigenvalue weighted by molar-refractivity contribution is 0.0694. The zero-order chi connectivity index (χ0) is 15.7. The van der Waals surface area contributed by atoms with Gasteiger partial charge in [0.25, 0.3) is 5.91 Å². The van der Waals surface area contributed by atoms with Crippen LogP contribution in [0.1, 0.15) is 65.1 Å². The van der Waals surface area contributed by atoms with Crippen LogP contribution in [0.4, 0.5) is 0 Å². The van der Waals surface area contributed by atoms with Crippen LogP contribution in [0.5, 0.6) is 0 Å². The van der Waals surface area contributed by atoms with Gasteiger partial charge in [0.1, 0.15) is 5.69 Å². The van der Waals surface area contributed by atoms with Gasteiger partial charge in [-0.1, -0.05) is 32.1 Å². The lowest BCUT2D eigenvalue weighted by Crippen LogP contribution is -2.29. The highest BCUT2D eigenvalue weighted by Gasteiger charge is 2.43. The first kappa shape index (κ1) is 15.0. The van der Waals surface area contributed by atoms with E-state index in [1.54, 1.807) is 6.92 Å². The maximum Gasteiger partial charge on any atom is 0.337 e. The number of hydrogen-bond donors (Lipinski definition) is 2. The van der Waals surface area contributed by atoms with Gasteiger partial charge in [-0.3, -0.25) is 4.79 Å². The molecule has 3 rings (SSSR count). The third kappa shape index (κ3) is 3.13. The summed E-state index contributed by atoms with van der Waals surface area (Å²) >= 11 is 0. The number of amides is 1. The van der Waals surface area contributed by atoms with Crippen LogP contribution in [0, 0.1) is 18.8 Å². The molecule has 2 N–H and O–H groups in total. The minimum absolute atomic E-state index is 0.142. The number of carboxylic acid groups (broad SMARTS) is 1. The number of aryl methyl sites for hydroxylation is 1. The number of carboxylic acids is 1. The van der Waals surface area contributed by atoms with Crippen molar-refractivity contribution in [1.29, 1.82) is 0 Å². The molecular formula is C17H22N2O3. The van der Waals surface area contributed by atoms with E-state index in [0.717, 1.165) is 12.3 Å². The molecule has 2 unspecified atom stereocenters. The van der Waals surface area contributed by atoms with E-state index in [2.05, 4.69) is 10.3 Å². The number of rotatable bonds is 4. The highest BCUT2D eigenvalue weighted by Crippen LogP contribution is 2.44. The Labute approximate surface area is 130 Å². The molecule has 2 aliphatic rings. The third-order valence-corrected chi connectivity index (χ3v) is 4.96. The van der Waals surface area contributed by atoms with Gasteiger partial charge in [0.05, 0.1) is 11.3 Å². The normalized spacial score (nSPS) is 24.8. The summed E-state index contributed by atoms with van der Waals surface area (Å²) in [5.74, 6) is 0.187. The third-order valence-electron chi connectivity index (χ3n) is 4.96. The van der Waals surface area contributed by atoms with Crippen LogP contribution in [0.3, 0.4) is 0 Å². The topological polar surface area (TPSA) is 79.3 Å². The molecular weight excluding hydrogens is 280 g/mol. The maximum absolute atomic E-state index is 12.2. The van der Waals surface area contributed by atoms with Crippen molar-refractivity contribution < 1.29 is 14.7 Å². The molecule has 0 saturated heterocycles. The summed E-state index contributed by atoms with van der Waals surface area (Å²) in [7, 11) is 0. The summed E-state index contributed by atoms with van der Waals surface area (Å²) in [5.41, 5.74) is 0.819. The predicted molar refractivity (Wildman–Crippen MR) is 81.9 cm³/mol. The van der Waals surface area contributed by atoms with Gasteiger partial charge in [-0.05, 0) is 37.3 Å². The second-order valence-corrected chi connectivity index (χ2v) is 6.51. The maximum atomic E-state index is 12.2. The van der Waals surface area contributed by atoms with Gasteiger partial charge < -0.3 is 10.4 Å². The van der Waals surface area contributed by atoms with Gasteiger partial charge in [0, 0.05) is 6.04 Å². The molecule has 1 amide bonds. The number of pyridine rings is 1. The van der Waals surface area contributed by atoms with E-state index >= 15 is 0 Å². The zero-order valence-electron chi connectivity index (χ0n) is 12.8. The number of hydrogen-bond acceptors (Lipinski definition) is 3. The predicted octanol–water partition coefficient (Wildman–Crippen LogP) is 2.79. The first-order valence-electron chi connectivity index (χ1n) is 8.08. The van der Waals surface area contributed by atoms with Crippen LogP contribution >= 0.6 is 0 Å². The van der Waals surface area contributed by atoms with Gasteiger partial charge in [-0.25, -0.2) is 9.78 Å². The van der Waals surface area contributed by atoms with Crippen molar-refractivity contribution in [1.82, 2.24) is 10.3 Å². The molecule has 0 aliphatic heterocycles. The van der Waals surface area contributed by atoms with Crippen LogP contribution in [-0.4, -0.2) is 28.0 Å². The second-order valence-electron chi connectivity index (χ2n) is 6.51. The lowest BCUT2D eigenvalue weighted by atomic mass is 9.85. The molecule has 0 bridgehead atoms. The smallest absolute Gasteiger partial charge is 0.337 e. The number of aromatic nitrogens is 1. The summed E-state index contributed by atoms with van der Waals surface area (Å²) in [4.78, 5) is 27.3. The Morgan fingerprint density at radius 1 is 1.23 bits per heavy atom. The Bertz CT molecular complexity index is 594. The first-order chi connectivity index (χ1) is 10.6. The molecule has 2 fully saturated rings. The van der Waals surface area contributed by atoms with Crippen LogP contribution in [0.15, 0.2) is 12.1 Å². The summed E-state index contributed by atoms with van der Waals surface area (Å²) < 4.78 is 0. The minimum atomic E-state index is -1.02. The van der Waals surface area contributed by atoms with Gasteiger partial charge in [0.2, 0.25) is 0 Å². The van der Waals surface area contributed by atoms with E-state index in [0.29, 0.717) is 17.3 Å². The van der Waals surface area contributed by atoms with Gasteiger partial charge >= 0.3 is 5.97 Å². The fourth-order valence-electron chi connectivity index (χ4n) is 3.62. The molecule has 2 saturated carbocycles. The Morgan fingerprint density at radius 3 is 2.59 bits per heavy atom. The molecule has 5 heteroatoms. The highest BCUT2D eigenvalue weighted by atomic mass is 16.4. The molecule has 5 nitrogen and oxygen atoms in total. The average molecular weight is 302 g/mol. The van der Waals surface area contributed by atoms with Crippen molar-refractivity contribution in [3.8, 4) is 0 Å². The van der Waals surface area contributed by atoms with E-state index < -0.39 is 5.97 Å². The van der Waals surface area contributed by atoms with E-state index in [1.165, 1.54) is 44.2 Å². The molecule has 0 radical (unpaired) electrons. The summed E-state index contributed by atoms with van der Waals surface area (Å²) in [6.07, 6.45) is 7.64. The lowest BCUT2D eigenvalue weighted by Gasteiger charge is -2.21. The van der Waals surface area contributed by atoms with Crippen LogP contribution in [0.25, 0.3) is 0 Å². The SMILES string of the molecule is Cc1nc(C(=O)NC2CC2C2CCCCC2)ccc1C(=O)O. The number of nitrogens with one attached hydrogen (secondary N) is 1. The van der Waals surface area contributed by atoms with E-state index in [-0.39, 0.29) is 17.5 Å². The fraction of sp³-hybridized carbons (Fsp3) is 0.588. The van der Waals surface area contributed by atoms with Gasteiger partial charge in [-0.15, -0.1) is 0 Å². The van der Waals surface area contributed by atoms with Crippen molar-refractivity contribution in [2.45, 2.75) is 51.5 Å². The fourth-order valence-corrected chi connectivity index (χ4v) is 3.62. The highest BCUT2D eigenvalue weighted by molar-refractivity contribution is 5.94. The zero-order valence-corrected chi connectivity index (χ0v) is 12.8. The number of carbonyl (C=O) groups excluding carboxylic acids is 1. The Morgan fingerprint density at radius 2 is 1.95 bits per heavy atom. The Kier molecular flexibility index (Phi) is 4.14. The van der Waals surface area contributed by atoms with Crippen LogP contribution in [-0.2, 0) is 0 Å². The molecule has 1 aromatic heterocycles. The molecule has 22 heavy (non-hydrogen) atoms. The molecule has 2 atom stereocenters. The molecule has 2 aliphatic carbocycles. The van der Waals surface area contributed by atoms with E-state index in [1.807, 2.05) is 0 Å². The number of carbonyl (C=O) groups is 2. The Hall–Kier alpha value is -1.91. The minimum Gasteiger partial charge on any atom is -0.478 e. The molecule has 1 aromatic rings. The number of nitrogens with zero attached hydrogens (tertiary/aromatic N) is 1. The van der Waals surface area contributed by atoms with Crippen molar-refractivity contribution in [3.63, 3.8) is 0 Å². The molecule has 0 spiro atoms. The van der Waals surface area contributed by atoms with Crippen LogP contribution < -0.4 is 5.32 Å². The van der Waals surface area contributed by atoms with Crippen molar-refractivity contribution in [3.05, 3.63) is 29.1 Å². The van der Waals surface area contributed by atoms with Crippen molar-refractivity contribution in [2.75, 3.05) is 0 Å². The standard InChI is InChI=1S/C17H22N2O3/c1-10-12(17(21)22)7-8-14(18-10)16(20)19-15-9-13(15)11-5-3-2-4-6-11/h7-8,11,13,15H,2-6,9H2,1H3,(H,19,20)(H,21,22). The van der Waals surface area contributed by atoms with Crippen molar-refractivity contribution >= 4 is 11.9 Å². The molecule has 118 valence electrons. The van der Waals surface area contributed by atoms with Crippen molar-refractivity contribution in [2.24, 2.45) is 11.8 Å². The van der Waals surface area contributed by atoms with Gasteiger partial charge in [0.15, 0.2) is 0 Å². The quantitative estimate of drug-likeness (QED) is 0.896. The second kappa shape index (κ2) is 6.07. The summed E-state index contributed by atoms with van der Waals surface area (Å²) in [5, 5.41) is 12.0. The monoisotopic (exact) mass is 302 g/mol. The molecule has 1 heterocycles. The van der Waals surface area contributed by atoms with Crippen LogP contribution in [0.2, 0.25) is 0 Å². The first-order valence-corrected chi connectivity index (χ1v) is 8.08. The largest absolute Gasteiger partial charge is 0.478 e. The average Bonchev–Trinajstić information content (AvgIpc) is 3.26.